The number of rotatable bonds is 8. The molecule has 0 atom stereocenters. The maximum atomic E-state index is 13.2. The van der Waals surface area contributed by atoms with Gasteiger partial charge in [0, 0.05) is 55.9 Å². The molecule has 0 unspecified atom stereocenters. The van der Waals surface area contributed by atoms with Gasteiger partial charge >= 0.3 is 0 Å². The molecular weight excluding hydrogens is 460 g/mol. The summed E-state index contributed by atoms with van der Waals surface area (Å²) in [5, 5.41) is 0. The Morgan fingerprint density at radius 3 is 2.35 bits per heavy atom. The van der Waals surface area contributed by atoms with Crippen molar-refractivity contribution in [3.63, 3.8) is 0 Å². The summed E-state index contributed by atoms with van der Waals surface area (Å²) in [4.78, 5) is 41.0. The van der Waals surface area contributed by atoms with Gasteiger partial charge in [-0.15, -0.1) is 0 Å². The summed E-state index contributed by atoms with van der Waals surface area (Å²) >= 11 is 0. The lowest BCUT2D eigenvalue weighted by molar-refractivity contribution is -0.131. The summed E-state index contributed by atoms with van der Waals surface area (Å²) in [6, 6.07) is 21.8. The van der Waals surface area contributed by atoms with Crippen LogP contribution in [-0.2, 0) is 41.8 Å². The summed E-state index contributed by atoms with van der Waals surface area (Å²) in [6.45, 7) is 3.09. The van der Waals surface area contributed by atoms with Gasteiger partial charge in [0.1, 0.15) is 11.6 Å². The topological polar surface area (TPSA) is 76.1 Å². The molecule has 2 aromatic heterocycles. The number of amides is 1. The van der Waals surface area contributed by atoms with Crippen molar-refractivity contribution in [1.29, 1.82) is 0 Å². The number of carbonyl (C=O) groups is 2. The van der Waals surface area contributed by atoms with E-state index in [1.807, 2.05) is 78.6 Å². The molecule has 0 spiro atoms. The fraction of sp³-hybridized carbons (Fsp3) is 0.258. The fourth-order valence-corrected chi connectivity index (χ4v) is 4.79. The van der Waals surface area contributed by atoms with Crippen LogP contribution in [0, 0.1) is 6.92 Å². The number of hydrogen-bond donors (Lipinski definition) is 0. The maximum Gasteiger partial charge on any atom is 0.227 e. The van der Waals surface area contributed by atoms with E-state index in [4.69, 9.17) is 4.98 Å². The number of ketones is 1. The molecule has 1 amide bonds. The van der Waals surface area contributed by atoms with Crippen LogP contribution >= 0.6 is 0 Å². The highest BCUT2D eigenvalue weighted by Crippen LogP contribution is 2.28. The normalized spacial score (nSPS) is 12.7. The largest absolute Gasteiger partial charge is 0.338 e. The molecule has 0 saturated carbocycles. The summed E-state index contributed by atoms with van der Waals surface area (Å²) in [7, 11) is 0. The van der Waals surface area contributed by atoms with Gasteiger partial charge in [-0.2, -0.15) is 0 Å². The Balaban J connectivity index is 1.20. The Labute approximate surface area is 217 Å². The van der Waals surface area contributed by atoms with Gasteiger partial charge in [0.25, 0.3) is 0 Å². The zero-order valence-electron chi connectivity index (χ0n) is 21.1. The first-order valence-corrected chi connectivity index (χ1v) is 12.7. The maximum absolute atomic E-state index is 13.2. The highest BCUT2D eigenvalue weighted by molar-refractivity contribution is 5.81. The van der Waals surface area contributed by atoms with E-state index in [-0.39, 0.29) is 11.7 Å². The molecule has 1 aliphatic rings. The number of nitrogens with zero attached hydrogens (tertiary/aromatic N) is 4. The second kappa shape index (κ2) is 11.2. The molecule has 0 aliphatic carbocycles. The average molecular weight is 491 g/mol. The lowest BCUT2D eigenvalue weighted by Gasteiger charge is -2.30. The van der Waals surface area contributed by atoms with Crippen molar-refractivity contribution >= 4 is 11.7 Å². The quantitative estimate of drug-likeness (QED) is 0.357. The van der Waals surface area contributed by atoms with Crippen LogP contribution in [0.5, 0.6) is 0 Å². The lowest BCUT2D eigenvalue weighted by Crippen LogP contribution is -2.37. The molecule has 0 radical (unpaired) electrons. The van der Waals surface area contributed by atoms with E-state index < -0.39 is 0 Å². The second-order valence-electron chi connectivity index (χ2n) is 9.55. The monoisotopic (exact) mass is 490 g/mol. The molecule has 0 fully saturated rings. The Bertz CT molecular complexity index is 1390. The number of fused-ring (bicyclic) bond motifs is 1. The van der Waals surface area contributed by atoms with Crippen LogP contribution in [0.4, 0.5) is 0 Å². The fourth-order valence-electron chi connectivity index (χ4n) is 4.79. The van der Waals surface area contributed by atoms with Gasteiger partial charge in [0.05, 0.1) is 17.8 Å². The number of benzene rings is 2. The standard InChI is InChI=1S/C31H30N4O2/c1-22-33-29-15-17-35(21-28(29)31(34-22)26-7-3-2-4-8-26)30(37)19-24-11-9-23(10-12-24)18-27(36)14-13-25-6-5-16-32-20-25/h2-12,16,20H,13-15,17-19,21H2,1H3. The predicted molar refractivity (Wildman–Crippen MR) is 143 cm³/mol. The first-order valence-electron chi connectivity index (χ1n) is 12.7. The zero-order chi connectivity index (χ0) is 25.6. The lowest BCUT2D eigenvalue weighted by atomic mass is 9.98. The van der Waals surface area contributed by atoms with E-state index >= 15 is 0 Å². The van der Waals surface area contributed by atoms with Crippen LogP contribution in [0.3, 0.4) is 0 Å². The van der Waals surface area contributed by atoms with Crippen molar-refractivity contribution in [2.75, 3.05) is 6.54 Å². The molecule has 37 heavy (non-hydrogen) atoms. The van der Waals surface area contributed by atoms with Crippen LogP contribution in [-0.4, -0.2) is 38.1 Å². The number of aromatic nitrogens is 3. The molecule has 1 aliphatic heterocycles. The van der Waals surface area contributed by atoms with E-state index in [9.17, 15) is 9.59 Å². The molecule has 0 saturated heterocycles. The van der Waals surface area contributed by atoms with Crippen LogP contribution in [0.25, 0.3) is 11.3 Å². The van der Waals surface area contributed by atoms with Crippen molar-refractivity contribution in [3.8, 4) is 11.3 Å². The van der Waals surface area contributed by atoms with E-state index in [0.29, 0.717) is 38.8 Å². The minimum atomic E-state index is 0.0885. The summed E-state index contributed by atoms with van der Waals surface area (Å²) < 4.78 is 0. The van der Waals surface area contributed by atoms with Crippen molar-refractivity contribution in [1.82, 2.24) is 19.9 Å². The first kappa shape index (κ1) is 24.5. The molecule has 2 aromatic carbocycles. The number of pyridine rings is 1. The minimum absolute atomic E-state index is 0.0885. The average Bonchev–Trinajstić information content (AvgIpc) is 2.93. The molecule has 0 N–H and O–H groups in total. The van der Waals surface area contributed by atoms with Crippen LogP contribution < -0.4 is 0 Å². The van der Waals surface area contributed by atoms with Gasteiger partial charge in [-0.3, -0.25) is 14.6 Å². The molecule has 0 bridgehead atoms. The van der Waals surface area contributed by atoms with Crippen LogP contribution in [0.1, 0.15) is 40.2 Å². The Morgan fingerprint density at radius 2 is 1.62 bits per heavy atom. The molecule has 4 aromatic rings. The molecule has 5 rings (SSSR count). The van der Waals surface area contributed by atoms with E-state index in [2.05, 4.69) is 9.97 Å². The highest BCUT2D eigenvalue weighted by atomic mass is 16.2. The smallest absolute Gasteiger partial charge is 0.227 e. The molecular formula is C31H30N4O2. The number of aryl methyl sites for hydroxylation is 2. The third-order valence-electron chi connectivity index (χ3n) is 6.77. The molecule has 6 nitrogen and oxygen atoms in total. The van der Waals surface area contributed by atoms with Crippen LogP contribution in [0.15, 0.2) is 79.1 Å². The van der Waals surface area contributed by atoms with Crippen molar-refractivity contribution in [2.24, 2.45) is 0 Å². The predicted octanol–water partition coefficient (Wildman–Crippen LogP) is 4.72. The van der Waals surface area contributed by atoms with Gasteiger partial charge in [-0.05, 0) is 36.1 Å². The molecule has 186 valence electrons. The number of carbonyl (C=O) groups excluding carboxylic acids is 2. The van der Waals surface area contributed by atoms with Crippen molar-refractivity contribution < 1.29 is 9.59 Å². The van der Waals surface area contributed by atoms with Gasteiger partial charge in [0.2, 0.25) is 5.91 Å². The van der Waals surface area contributed by atoms with E-state index in [1.54, 1.807) is 12.4 Å². The minimum Gasteiger partial charge on any atom is -0.338 e. The van der Waals surface area contributed by atoms with E-state index in [0.717, 1.165) is 51.5 Å². The summed E-state index contributed by atoms with van der Waals surface area (Å²) in [5.74, 6) is 1.05. The van der Waals surface area contributed by atoms with Crippen molar-refractivity contribution in [2.45, 2.75) is 45.6 Å². The third kappa shape index (κ3) is 6.15. The summed E-state index contributed by atoms with van der Waals surface area (Å²) in [6.07, 6.45) is 6.20. The molecule has 6 heteroatoms. The van der Waals surface area contributed by atoms with Gasteiger partial charge in [-0.25, -0.2) is 9.97 Å². The van der Waals surface area contributed by atoms with Crippen LogP contribution in [0.2, 0.25) is 0 Å². The van der Waals surface area contributed by atoms with Gasteiger partial charge < -0.3 is 4.90 Å². The van der Waals surface area contributed by atoms with E-state index in [1.165, 1.54) is 0 Å². The second-order valence-corrected chi connectivity index (χ2v) is 9.55. The number of Topliss-reactive ketones (excluding diaryl/α,β-unsaturated/α-hetero) is 1. The highest BCUT2D eigenvalue weighted by Gasteiger charge is 2.25. The zero-order valence-corrected chi connectivity index (χ0v) is 21.1. The van der Waals surface area contributed by atoms with Gasteiger partial charge in [-0.1, -0.05) is 60.7 Å². The Morgan fingerprint density at radius 1 is 0.865 bits per heavy atom. The Kier molecular flexibility index (Phi) is 7.45. The van der Waals surface area contributed by atoms with Crippen molar-refractivity contribution in [3.05, 3.63) is 113 Å². The van der Waals surface area contributed by atoms with Gasteiger partial charge in [0.15, 0.2) is 0 Å². The summed E-state index contributed by atoms with van der Waals surface area (Å²) in [5.41, 5.74) is 7.03. The third-order valence-corrected chi connectivity index (χ3v) is 6.77. The molecule has 3 heterocycles. The SMILES string of the molecule is Cc1nc2c(c(-c3ccccc3)n1)CN(C(=O)Cc1ccc(CC(=O)CCc3cccnc3)cc1)CC2. The number of hydrogen-bond acceptors (Lipinski definition) is 5. The Hall–Kier alpha value is -4.19. The first-order chi connectivity index (χ1) is 18.0.